The van der Waals surface area contributed by atoms with Crippen molar-refractivity contribution in [3.63, 3.8) is 0 Å². The lowest BCUT2D eigenvalue weighted by Crippen LogP contribution is -2.34. The SMILES string of the molecule is CN1C2C=C(C#CCc3ccccc3)CC1CC2.O=C(O)/C=C/C(=O)O. The Hall–Kier alpha value is -2.84. The molecule has 1 saturated heterocycles. The van der Waals surface area contributed by atoms with E-state index in [0.29, 0.717) is 18.2 Å². The first-order chi connectivity index (χ1) is 12.5. The summed E-state index contributed by atoms with van der Waals surface area (Å²) < 4.78 is 0. The molecule has 3 rings (SSSR count). The fourth-order valence-corrected chi connectivity index (χ4v) is 3.13. The predicted octanol–water partition coefficient (Wildman–Crippen LogP) is 2.74. The van der Waals surface area contributed by atoms with E-state index in [9.17, 15) is 9.59 Å². The van der Waals surface area contributed by atoms with Gasteiger partial charge in [0.1, 0.15) is 0 Å². The Balaban J connectivity index is 0.000000260. The van der Waals surface area contributed by atoms with Gasteiger partial charge in [0.2, 0.25) is 0 Å². The van der Waals surface area contributed by atoms with E-state index in [1.807, 2.05) is 6.07 Å². The Kier molecular flexibility index (Phi) is 7.19. The van der Waals surface area contributed by atoms with Gasteiger partial charge in [-0.3, -0.25) is 4.90 Å². The Morgan fingerprint density at radius 3 is 2.38 bits per heavy atom. The van der Waals surface area contributed by atoms with Crippen molar-refractivity contribution >= 4 is 11.9 Å². The molecule has 2 atom stereocenters. The van der Waals surface area contributed by atoms with Gasteiger partial charge < -0.3 is 10.2 Å². The van der Waals surface area contributed by atoms with Crippen LogP contribution in [0.2, 0.25) is 0 Å². The molecule has 0 aromatic heterocycles. The number of carboxylic acids is 2. The molecule has 26 heavy (non-hydrogen) atoms. The first-order valence-electron chi connectivity index (χ1n) is 8.55. The molecule has 5 nitrogen and oxygen atoms in total. The molecular weight excluding hydrogens is 330 g/mol. The van der Waals surface area contributed by atoms with Crippen LogP contribution < -0.4 is 0 Å². The second-order valence-corrected chi connectivity index (χ2v) is 6.33. The molecule has 5 heteroatoms. The molecule has 136 valence electrons. The summed E-state index contributed by atoms with van der Waals surface area (Å²) in [7, 11) is 2.24. The normalized spacial score (nSPS) is 21.2. The summed E-state index contributed by atoms with van der Waals surface area (Å²) in [5.74, 6) is 4.18. The molecule has 2 unspecified atom stereocenters. The van der Waals surface area contributed by atoms with E-state index in [-0.39, 0.29) is 0 Å². The van der Waals surface area contributed by atoms with Crippen LogP contribution in [0.1, 0.15) is 24.8 Å². The number of aliphatic carboxylic acids is 2. The van der Waals surface area contributed by atoms with Gasteiger partial charge >= 0.3 is 11.9 Å². The zero-order valence-electron chi connectivity index (χ0n) is 14.8. The maximum Gasteiger partial charge on any atom is 0.328 e. The highest BCUT2D eigenvalue weighted by Gasteiger charge is 2.33. The van der Waals surface area contributed by atoms with Gasteiger partial charge in [-0.2, -0.15) is 0 Å². The van der Waals surface area contributed by atoms with E-state index >= 15 is 0 Å². The number of hydrogen-bond acceptors (Lipinski definition) is 3. The van der Waals surface area contributed by atoms with Gasteiger partial charge in [0.15, 0.2) is 0 Å². The highest BCUT2D eigenvalue weighted by molar-refractivity contribution is 5.89. The zero-order chi connectivity index (χ0) is 18.9. The van der Waals surface area contributed by atoms with Gasteiger partial charge in [0, 0.05) is 36.2 Å². The van der Waals surface area contributed by atoms with Gasteiger partial charge in [0.25, 0.3) is 0 Å². The third-order valence-electron chi connectivity index (χ3n) is 4.50. The summed E-state index contributed by atoms with van der Waals surface area (Å²) in [5, 5.41) is 15.6. The van der Waals surface area contributed by atoms with E-state index in [2.05, 4.69) is 54.1 Å². The first-order valence-corrected chi connectivity index (χ1v) is 8.55. The van der Waals surface area contributed by atoms with Crippen LogP contribution in [0, 0.1) is 11.8 Å². The standard InChI is InChI=1S/C17H19N.C4H4O4/c1-18-16-10-11-17(18)13-15(12-16)9-5-8-14-6-3-2-4-7-14;5-3(6)1-2-4(7)8/h2-4,6-7,12,16-17H,8,10-11,13H2,1H3;1-2H,(H,5,6)(H,7,8)/b;2-1+. The molecule has 0 amide bonds. The number of likely N-dealkylation sites (N-methyl/N-ethyl adjacent to an activating group) is 1. The van der Waals surface area contributed by atoms with E-state index in [1.54, 1.807) is 0 Å². The number of benzene rings is 1. The monoisotopic (exact) mass is 353 g/mol. The fourth-order valence-electron chi connectivity index (χ4n) is 3.13. The highest BCUT2D eigenvalue weighted by Crippen LogP contribution is 2.32. The van der Waals surface area contributed by atoms with Crippen molar-refractivity contribution in [1.29, 1.82) is 0 Å². The molecule has 0 radical (unpaired) electrons. The van der Waals surface area contributed by atoms with Gasteiger partial charge in [-0.1, -0.05) is 48.2 Å². The minimum absolute atomic E-state index is 0.558. The maximum absolute atomic E-state index is 9.55. The van der Waals surface area contributed by atoms with E-state index < -0.39 is 11.9 Å². The summed E-state index contributed by atoms with van der Waals surface area (Å²) in [5.41, 5.74) is 2.66. The second-order valence-electron chi connectivity index (χ2n) is 6.33. The van der Waals surface area contributed by atoms with Crippen molar-refractivity contribution in [2.75, 3.05) is 7.05 Å². The van der Waals surface area contributed by atoms with Gasteiger partial charge in [0.05, 0.1) is 0 Å². The van der Waals surface area contributed by atoms with Crippen LogP contribution in [-0.4, -0.2) is 46.2 Å². The number of hydrogen-bond donors (Lipinski definition) is 2. The number of rotatable bonds is 3. The lowest BCUT2D eigenvalue weighted by atomic mass is 10.0. The van der Waals surface area contributed by atoms with E-state index in [0.717, 1.165) is 18.9 Å². The highest BCUT2D eigenvalue weighted by atomic mass is 16.4. The van der Waals surface area contributed by atoms with E-state index in [4.69, 9.17) is 10.2 Å². The number of nitrogens with zero attached hydrogens (tertiary/aromatic N) is 1. The minimum atomic E-state index is -1.26. The van der Waals surface area contributed by atoms with Crippen molar-refractivity contribution in [3.8, 4) is 11.8 Å². The molecule has 1 aromatic carbocycles. The van der Waals surface area contributed by atoms with Gasteiger partial charge in [-0.15, -0.1) is 0 Å². The first kappa shape index (κ1) is 19.5. The maximum atomic E-state index is 9.55. The molecule has 0 saturated carbocycles. The number of carbonyl (C=O) groups is 2. The van der Waals surface area contributed by atoms with Crippen LogP contribution in [0.15, 0.2) is 54.1 Å². The predicted molar refractivity (Wildman–Crippen MR) is 99.6 cm³/mol. The van der Waals surface area contributed by atoms with Crippen molar-refractivity contribution in [3.05, 3.63) is 59.7 Å². The third kappa shape index (κ3) is 6.23. The average molecular weight is 353 g/mol. The largest absolute Gasteiger partial charge is 0.478 e. The van der Waals surface area contributed by atoms with Crippen LogP contribution >= 0.6 is 0 Å². The molecular formula is C21H23NO4. The third-order valence-corrected chi connectivity index (χ3v) is 4.50. The van der Waals surface area contributed by atoms with E-state index in [1.165, 1.54) is 24.0 Å². The summed E-state index contributed by atoms with van der Waals surface area (Å²) in [6.45, 7) is 0. The fraction of sp³-hybridized carbons (Fsp3) is 0.333. The van der Waals surface area contributed by atoms with Crippen LogP contribution in [-0.2, 0) is 16.0 Å². The van der Waals surface area contributed by atoms with Crippen molar-refractivity contribution in [2.45, 2.75) is 37.8 Å². The molecule has 2 bridgehead atoms. The topological polar surface area (TPSA) is 77.8 Å². The lowest BCUT2D eigenvalue weighted by molar-refractivity contribution is -0.134. The second kappa shape index (κ2) is 9.59. The Morgan fingerprint density at radius 1 is 1.15 bits per heavy atom. The van der Waals surface area contributed by atoms with Gasteiger partial charge in [-0.25, -0.2) is 9.59 Å². The van der Waals surface area contributed by atoms with Crippen molar-refractivity contribution in [1.82, 2.24) is 4.90 Å². The summed E-state index contributed by atoms with van der Waals surface area (Å²) in [4.78, 5) is 21.6. The molecule has 0 spiro atoms. The Morgan fingerprint density at radius 2 is 1.81 bits per heavy atom. The Labute approximate surface area is 153 Å². The summed E-state index contributed by atoms with van der Waals surface area (Å²) in [6.07, 6.45) is 8.15. The Bertz CT molecular complexity index is 739. The molecule has 0 aliphatic carbocycles. The van der Waals surface area contributed by atoms with Gasteiger partial charge in [-0.05, 0) is 31.9 Å². The van der Waals surface area contributed by atoms with Crippen LogP contribution in [0.25, 0.3) is 0 Å². The lowest BCUT2D eigenvalue weighted by Gasteiger charge is -2.28. The van der Waals surface area contributed by atoms with Crippen LogP contribution in [0.3, 0.4) is 0 Å². The molecule has 2 aliphatic rings. The summed E-state index contributed by atoms with van der Waals surface area (Å²) >= 11 is 0. The zero-order valence-corrected chi connectivity index (χ0v) is 14.8. The quantitative estimate of drug-likeness (QED) is 0.645. The summed E-state index contributed by atoms with van der Waals surface area (Å²) in [6, 6.07) is 11.9. The minimum Gasteiger partial charge on any atom is -0.478 e. The smallest absolute Gasteiger partial charge is 0.328 e. The average Bonchev–Trinajstić information content (AvgIpc) is 2.83. The molecule has 1 fully saturated rings. The number of carboxylic acid groups (broad SMARTS) is 2. The molecule has 2 aliphatic heterocycles. The molecule has 1 aromatic rings. The van der Waals surface area contributed by atoms with Crippen molar-refractivity contribution in [2.24, 2.45) is 0 Å². The number of fused-ring (bicyclic) bond motifs is 2. The molecule has 2 N–H and O–H groups in total. The van der Waals surface area contributed by atoms with Crippen LogP contribution in [0.4, 0.5) is 0 Å². The van der Waals surface area contributed by atoms with Crippen molar-refractivity contribution < 1.29 is 19.8 Å². The van der Waals surface area contributed by atoms with Crippen LogP contribution in [0.5, 0.6) is 0 Å². The molecule has 2 heterocycles.